The van der Waals surface area contributed by atoms with Crippen molar-refractivity contribution in [2.75, 3.05) is 12.0 Å². The predicted molar refractivity (Wildman–Crippen MR) is 52.1 cm³/mol. The van der Waals surface area contributed by atoms with Crippen molar-refractivity contribution in [2.24, 2.45) is 0 Å². The van der Waals surface area contributed by atoms with Gasteiger partial charge in [-0.1, -0.05) is 31.2 Å². The molecule has 0 bridgehead atoms. The summed E-state index contributed by atoms with van der Waals surface area (Å²) < 4.78 is 10.6. The Hall–Kier alpha value is -0.370. The lowest BCUT2D eigenvalue weighted by molar-refractivity contribution is 0.686. The van der Waals surface area contributed by atoms with Crippen LogP contribution in [0.25, 0.3) is 0 Å². The fourth-order valence-corrected chi connectivity index (χ4v) is 1.09. The third kappa shape index (κ3) is 9.63. The molecule has 1 atom stereocenters. The molecule has 0 spiro atoms. The van der Waals surface area contributed by atoms with E-state index in [2.05, 4.69) is 13.0 Å². The second-order valence-corrected chi connectivity index (χ2v) is 3.89. The van der Waals surface area contributed by atoms with E-state index in [1.54, 1.807) is 6.26 Å². The molecule has 0 aliphatic rings. The van der Waals surface area contributed by atoms with Crippen LogP contribution in [-0.4, -0.2) is 16.2 Å². The van der Waals surface area contributed by atoms with Crippen LogP contribution in [0.1, 0.15) is 19.8 Å². The van der Waals surface area contributed by atoms with Crippen LogP contribution in [0, 0.1) is 0 Å². The van der Waals surface area contributed by atoms with Gasteiger partial charge in [-0.15, -0.1) is 0 Å². The maximum atomic E-state index is 10.6. The van der Waals surface area contributed by atoms with Crippen LogP contribution in [0.15, 0.2) is 24.3 Å². The first-order valence-corrected chi connectivity index (χ1v) is 5.61. The maximum absolute atomic E-state index is 10.6. The van der Waals surface area contributed by atoms with Gasteiger partial charge in [0.1, 0.15) is 0 Å². The van der Waals surface area contributed by atoms with E-state index in [-0.39, 0.29) is 0 Å². The monoisotopic (exact) mass is 172 g/mol. The highest BCUT2D eigenvalue weighted by molar-refractivity contribution is 7.84. The van der Waals surface area contributed by atoms with Crippen LogP contribution in [0.3, 0.4) is 0 Å². The van der Waals surface area contributed by atoms with Crippen molar-refractivity contribution >= 4 is 10.8 Å². The molecule has 0 saturated heterocycles. The summed E-state index contributed by atoms with van der Waals surface area (Å²) >= 11 is 0. The SMILES string of the molecule is CCC=CC=CCCS(C)=O. The van der Waals surface area contributed by atoms with E-state index in [0.717, 1.165) is 18.6 Å². The summed E-state index contributed by atoms with van der Waals surface area (Å²) in [5.74, 6) is 0.774. The van der Waals surface area contributed by atoms with Crippen LogP contribution in [0.2, 0.25) is 0 Å². The second kappa shape index (κ2) is 7.73. The van der Waals surface area contributed by atoms with E-state index in [1.807, 2.05) is 18.2 Å². The first kappa shape index (κ1) is 10.6. The Bertz CT molecular complexity index is 159. The molecule has 0 aromatic rings. The minimum Gasteiger partial charge on any atom is -0.260 e. The Balaban J connectivity index is 3.30. The fraction of sp³-hybridized carbons (Fsp3) is 0.556. The van der Waals surface area contributed by atoms with Crippen molar-refractivity contribution in [1.29, 1.82) is 0 Å². The van der Waals surface area contributed by atoms with E-state index in [1.165, 1.54) is 0 Å². The highest BCUT2D eigenvalue weighted by Crippen LogP contribution is 1.88. The predicted octanol–water partition coefficient (Wildman–Crippen LogP) is 2.28. The maximum Gasteiger partial charge on any atom is 0.0266 e. The van der Waals surface area contributed by atoms with Gasteiger partial charge in [0, 0.05) is 22.8 Å². The molecule has 0 amide bonds. The summed E-state index contributed by atoms with van der Waals surface area (Å²) in [4.78, 5) is 0. The Morgan fingerprint density at radius 2 is 1.91 bits per heavy atom. The molecular formula is C9H16OS. The molecule has 0 aromatic carbocycles. The molecule has 0 radical (unpaired) electrons. The van der Waals surface area contributed by atoms with Gasteiger partial charge in [-0.2, -0.15) is 0 Å². The van der Waals surface area contributed by atoms with Crippen LogP contribution in [0.5, 0.6) is 0 Å². The molecule has 0 aliphatic heterocycles. The van der Waals surface area contributed by atoms with Crippen molar-refractivity contribution < 1.29 is 4.21 Å². The molecule has 0 aromatic heterocycles. The first-order chi connectivity index (χ1) is 5.27. The molecule has 1 unspecified atom stereocenters. The Morgan fingerprint density at radius 3 is 2.45 bits per heavy atom. The Morgan fingerprint density at radius 1 is 1.27 bits per heavy atom. The zero-order valence-corrected chi connectivity index (χ0v) is 8.06. The quantitative estimate of drug-likeness (QED) is 0.581. The lowest BCUT2D eigenvalue weighted by Crippen LogP contribution is -1.90. The zero-order valence-electron chi connectivity index (χ0n) is 7.25. The average Bonchev–Trinajstić information content (AvgIpc) is 1.96. The van der Waals surface area contributed by atoms with Crippen LogP contribution >= 0.6 is 0 Å². The van der Waals surface area contributed by atoms with Gasteiger partial charge in [0.25, 0.3) is 0 Å². The van der Waals surface area contributed by atoms with Gasteiger partial charge in [0.05, 0.1) is 0 Å². The molecule has 64 valence electrons. The molecule has 11 heavy (non-hydrogen) atoms. The minimum absolute atomic E-state index is 0.648. The summed E-state index contributed by atoms with van der Waals surface area (Å²) in [6.07, 6.45) is 11.9. The number of hydrogen-bond donors (Lipinski definition) is 0. The molecule has 1 nitrogen and oxygen atoms in total. The summed E-state index contributed by atoms with van der Waals surface area (Å²) in [5, 5.41) is 0. The molecule has 0 fully saturated rings. The third-order valence-electron chi connectivity index (χ3n) is 1.19. The summed E-state index contributed by atoms with van der Waals surface area (Å²) in [6, 6.07) is 0. The van der Waals surface area contributed by atoms with Gasteiger partial charge in [0.2, 0.25) is 0 Å². The smallest absolute Gasteiger partial charge is 0.0266 e. The van der Waals surface area contributed by atoms with Gasteiger partial charge in [-0.25, -0.2) is 0 Å². The molecule has 0 heterocycles. The molecular weight excluding hydrogens is 156 g/mol. The molecule has 0 rings (SSSR count). The summed E-state index contributed by atoms with van der Waals surface area (Å²) in [6.45, 7) is 2.10. The molecule has 0 N–H and O–H groups in total. The normalized spacial score (nSPS) is 14.7. The van der Waals surface area contributed by atoms with Crippen molar-refractivity contribution in [3.8, 4) is 0 Å². The average molecular weight is 172 g/mol. The lowest BCUT2D eigenvalue weighted by Gasteiger charge is -1.87. The third-order valence-corrected chi connectivity index (χ3v) is 2.00. The highest BCUT2D eigenvalue weighted by atomic mass is 32.2. The minimum atomic E-state index is -0.648. The van der Waals surface area contributed by atoms with Crippen molar-refractivity contribution in [2.45, 2.75) is 19.8 Å². The summed E-state index contributed by atoms with van der Waals surface area (Å²) in [5.41, 5.74) is 0. The van der Waals surface area contributed by atoms with Gasteiger partial charge in [-0.05, 0) is 12.8 Å². The van der Waals surface area contributed by atoms with Crippen LogP contribution < -0.4 is 0 Å². The van der Waals surface area contributed by atoms with Crippen molar-refractivity contribution in [3.05, 3.63) is 24.3 Å². The number of allylic oxidation sites excluding steroid dienone is 4. The van der Waals surface area contributed by atoms with Gasteiger partial charge in [-0.3, -0.25) is 4.21 Å². The van der Waals surface area contributed by atoms with E-state index in [9.17, 15) is 4.21 Å². The van der Waals surface area contributed by atoms with Crippen molar-refractivity contribution in [1.82, 2.24) is 0 Å². The van der Waals surface area contributed by atoms with E-state index in [4.69, 9.17) is 0 Å². The van der Waals surface area contributed by atoms with Crippen molar-refractivity contribution in [3.63, 3.8) is 0 Å². The molecule has 0 aliphatic carbocycles. The largest absolute Gasteiger partial charge is 0.260 e. The Labute approximate surface area is 71.7 Å². The first-order valence-electron chi connectivity index (χ1n) is 3.89. The Kier molecular flexibility index (Phi) is 7.47. The number of hydrogen-bond acceptors (Lipinski definition) is 1. The molecule has 2 heteroatoms. The zero-order chi connectivity index (χ0) is 8.53. The van der Waals surface area contributed by atoms with Crippen LogP contribution in [-0.2, 0) is 10.8 Å². The topological polar surface area (TPSA) is 17.1 Å². The highest BCUT2D eigenvalue weighted by Gasteiger charge is 1.84. The lowest BCUT2D eigenvalue weighted by atomic mass is 10.3. The van der Waals surface area contributed by atoms with Crippen LogP contribution in [0.4, 0.5) is 0 Å². The molecule has 0 saturated carbocycles. The van der Waals surface area contributed by atoms with Gasteiger partial charge in [0.15, 0.2) is 0 Å². The van der Waals surface area contributed by atoms with E-state index in [0.29, 0.717) is 0 Å². The summed E-state index contributed by atoms with van der Waals surface area (Å²) in [7, 11) is -0.648. The van der Waals surface area contributed by atoms with Gasteiger partial charge >= 0.3 is 0 Å². The fourth-order valence-electron chi connectivity index (χ4n) is 0.623. The van der Waals surface area contributed by atoms with Gasteiger partial charge < -0.3 is 0 Å². The van der Waals surface area contributed by atoms with E-state index < -0.39 is 10.8 Å². The standard InChI is InChI=1S/C9H16OS/c1-3-4-5-6-7-8-9-11(2)10/h4-7H,3,8-9H2,1-2H3. The van der Waals surface area contributed by atoms with E-state index >= 15 is 0 Å². The second-order valence-electron chi connectivity index (χ2n) is 2.33. The number of rotatable bonds is 5.